The number of piperazine rings is 1. The molecule has 34 heavy (non-hydrogen) atoms. The average Bonchev–Trinajstić information content (AvgIpc) is 2.85. The Morgan fingerprint density at radius 2 is 1.91 bits per heavy atom. The molecule has 1 amide bonds. The van der Waals surface area contributed by atoms with Gasteiger partial charge in [-0.25, -0.2) is 0 Å². The minimum absolute atomic E-state index is 0.130. The average molecular weight is 474 g/mol. The Hall–Kier alpha value is -3.54. The number of nitrogens with two attached hydrogens (primary N) is 1. The largest absolute Gasteiger partial charge is 0.397 e. The van der Waals surface area contributed by atoms with E-state index in [1.807, 2.05) is 36.4 Å². The first-order valence-electron chi connectivity index (χ1n) is 11.1. The molecule has 8 heteroatoms. The minimum atomic E-state index is -1.06. The predicted molar refractivity (Wildman–Crippen MR) is 133 cm³/mol. The second-order valence-electron chi connectivity index (χ2n) is 8.44. The topological polar surface area (TPSA) is 103 Å². The summed E-state index contributed by atoms with van der Waals surface area (Å²) in [7, 11) is -1.06. The number of pyridine rings is 1. The summed E-state index contributed by atoms with van der Waals surface area (Å²) in [6.07, 6.45) is 4.73. The predicted octanol–water partition coefficient (Wildman–Crippen LogP) is 2.83. The van der Waals surface area contributed by atoms with Gasteiger partial charge in [0.05, 0.1) is 28.9 Å². The maximum Gasteiger partial charge on any atom is 0.255 e. The van der Waals surface area contributed by atoms with Gasteiger partial charge in [0, 0.05) is 60.9 Å². The highest BCUT2D eigenvalue weighted by atomic mass is 32.2. The summed E-state index contributed by atoms with van der Waals surface area (Å²) in [5.74, 6) is 0.300. The fourth-order valence-corrected chi connectivity index (χ4v) is 5.40. The van der Waals surface area contributed by atoms with Crippen molar-refractivity contribution in [1.82, 2.24) is 14.8 Å². The first kappa shape index (κ1) is 23.6. The van der Waals surface area contributed by atoms with Crippen LogP contribution in [0, 0.1) is 11.3 Å². The van der Waals surface area contributed by atoms with Gasteiger partial charge in [0.2, 0.25) is 0 Å². The van der Waals surface area contributed by atoms with Crippen molar-refractivity contribution in [2.45, 2.75) is 12.1 Å². The van der Waals surface area contributed by atoms with E-state index in [0.29, 0.717) is 42.2 Å². The van der Waals surface area contributed by atoms with Gasteiger partial charge >= 0.3 is 0 Å². The van der Waals surface area contributed by atoms with Crippen LogP contribution < -0.4 is 5.73 Å². The zero-order chi connectivity index (χ0) is 24.1. The SMILES string of the molecule is C[S@](=O)C[C@@H]1CN(C(=O)c2cncc(N)c2)CCN1[C@H](c1ccccc1)c1cccc(C#N)c1. The number of carbonyl (C=O) groups excluding carboxylic acids is 1. The van der Waals surface area contributed by atoms with Gasteiger partial charge in [0.15, 0.2) is 0 Å². The van der Waals surface area contributed by atoms with E-state index in [1.54, 1.807) is 23.3 Å². The lowest BCUT2D eigenvalue weighted by Crippen LogP contribution is -2.57. The molecule has 174 valence electrons. The summed E-state index contributed by atoms with van der Waals surface area (Å²) in [6, 6.07) is 21.3. The van der Waals surface area contributed by atoms with Crippen molar-refractivity contribution in [3.63, 3.8) is 0 Å². The lowest BCUT2D eigenvalue weighted by molar-refractivity contribution is 0.0437. The van der Waals surface area contributed by atoms with Crippen LogP contribution in [-0.4, -0.2) is 62.6 Å². The monoisotopic (exact) mass is 473 g/mol. The molecule has 7 nitrogen and oxygen atoms in total. The number of nitriles is 1. The second kappa shape index (κ2) is 10.6. The maximum absolute atomic E-state index is 13.2. The number of benzene rings is 2. The molecule has 0 unspecified atom stereocenters. The third-order valence-corrected chi connectivity index (χ3v) is 6.88. The van der Waals surface area contributed by atoms with Crippen LogP contribution in [0.25, 0.3) is 0 Å². The molecule has 1 saturated heterocycles. The third kappa shape index (κ3) is 5.33. The van der Waals surface area contributed by atoms with E-state index >= 15 is 0 Å². The summed E-state index contributed by atoms with van der Waals surface area (Å²) in [4.78, 5) is 21.3. The van der Waals surface area contributed by atoms with Crippen LogP contribution in [0.2, 0.25) is 0 Å². The lowest BCUT2D eigenvalue weighted by Gasteiger charge is -2.45. The van der Waals surface area contributed by atoms with E-state index < -0.39 is 10.8 Å². The van der Waals surface area contributed by atoms with E-state index in [4.69, 9.17) is 5.73 Å². The van der Waals surface area contributed by atoms with E-state index in [1.165, 1.54) is 12.4 Å². The molecule has 1 fully saturated rings. The highest BCUT2D eigenvalue weighted by Crippen LogP contribution is 2.33. The van der Waals surface area contributed by atoms with Gasteiger partial charge in [-0.3, -0.25) is 18.9 Å². The van der Waals surface area contributed by atoms with Crippen LogP contribution in [-0.2, 0) is 10.8 Å². The molecule has 0 aliphatic carbocycles. The van der Waals surface area contributed by atoms with Crippen LogP contribution in [0.5, 0.6) is 0 Å². The summed E-state index contributed by atoms with van der Waals surface area (Å²) < 4.78 is 12.4. The summed E-state index contributed by atoms with van der Waals surface area (Å²) in [5, 5.41) is 9.46. The summed E-state index contributed by atoms with van der Waals surface area (Å²) in [6.45, 7) is 1.55. The molecule has 2 heterocycles. The van der Waals surface area contributed by atoms with Crippen LogP contribution in [0.4, 0.5) is 5.69 Å². The van der Waals surface area contributed by atoms with E-state index in [0.717, 1.165) is 11.1 Å². The molecule has 1 aromatic heterocycles. The normalized spacial score (nSPS) is 18.1. The van der Waals surface area contributed by atoms with Crippen molar-refractivity contribution in [3.8, 4) is 6.07 Å². The number of rotatable bonds is 6. The van der Waals surface area contributed by atoms with Gasteiger partial charge in [-0.15, -0.1) is 0 Å². The number of hydrogen-bond donors (Lipinski definition) is 1. The summed E-state index contributed by atoms with van der Waals surface area (Å²) in [5.41, 5.74) is 9.40. The Balaban J connectivity index is 1.69. The number of nitrogens with zero attached hydrogens (tertiary/aromatic N) is 4. The molecule has 2 N–H and O–H groups in total. The third-order valence-electron chi connectivity index (χ3n) is 6.03. The number of aromatic nitrogens is 1. The van der Waals surface area contributed by atoms with Crippen LogP contribution in [0.15, 0.2) is 73.1 Å². The van der Waals surface area contributed by atoms with Crippen molar-refractivity contribution in [1.29, 1.82) is 5.26 Å². The van der Waals surface area contributed by atoms with Crippen molar-refractivity contribution in [2.75, 3.05) is 37.4 Å². The molecule has 1 aliphatic heterocycles. The Morgan fingerprint density at radius 1 is 1.15 bits per heavy atom. The Bertz CT molecular complexity index is 1230. The molecule has 0 spiro atoms. The molecule has 4 rings (SSSR count). The molecule has 0 radical (unpaired) electrons. The molecular weight excluding hydrogens is 446 g/mol. The molecule has 3 atom stereocenters. The van der Waals surface area contributed by atoms with Crippen LogP contribution >= 0.6 is 0 Å². The Morgan fingerprint density at radius 3 is 2.62 bits per heavy atom. The van der Waals surface area contributed by atoms with Gasteiger partial charge in [0.1, 0.15) is 0 Å². The smallest absolute Gasteiger partial charge is 0.255 e. The molecule has 0 saturated carbocycles. The van der Waals surface area contributed by atoms with Gasteiger partial charge < -0.3 is 10.6 Å². The summed E-state index contributed by atoms with van der Waals surface area (Å²) >= 11 is 0. The first-order valence-corrected chi connectivity index (χ1v) is 12.8. The van der Waals surface area contributed by atoms with E-state index in [9.17, 15) is 14.3 Å². The first-order chi connectivity index (χ1) is 16.5. The Kier molecular flexibility index (Phi) is 7.36. The van der Waals surface area contributed by atoms with E-state index in [2.05, 4.69) is 28.1 Å². The lowest BCUT2D eigenvalue weighted by atomic mass is 9.93. The number of carbonyl (C=O) groups is 1. The number of hydrogen-bond acceptors (Lipinski definition) is 6. The molecular formula is C26H27N5O2S. The van der Waals surface area contributed by atoms with E-state index in [-0.39, 0.29) is 18.0 Å². The molecule has 2 aromatic carbocycles. The van der Waals surface area contributed by atoms with Gasteiger partial charge in [-0.2, -0.15) is 5.26 Å². The van der Waals surface area contributed by atoms with Crippen molar-refractivity contribution in [3.05, 3.63) is 95.3 Å². The zero-order valence-electron chi connectivity index (χ0n) is 19.0. The van der Waals surface area contributed by atoms with Gasteiger partial charge in [0.25, 0.3) is 5.91 Å². The minimum Gasteiger partial charge on any atom is -0.397 e. The van der Waals surface area contributed by atoms with Crippen molar-refractivity contribution in [2.24, 2.45) is 0 Å². The molecule has 1 aliphatic rings. The highest BCUT2D eigenvalue weighted by Gasteiger charge is 2.36. The second-order valence-corrected chi connectivity index (χ2v) is 9.92. The van der Waals surface area contributed by atoms with Crippen molar-refractivity contribution < 1.29 is 9.00 Å². The number of anilines is 1. The van der Waals surface area contributed by atoms with Crippen LogP contribution in [0.1, 0.15) is 33.1 Å². The van der Waals surface area contributed by atoms with Crippen LogP contribution in [0.3, 0.4) is 0 Å². The fourth-order valence-electron chi connectivity index (χ4n) is 4.56. The fraction of sp³-hybridized carbons (Fsp3) is 0.269. The van der Waals surface area contributed by atoms with Crippen molar-refractivity contribution >= 4 is 22.4 Å². The quantitative estimate of drug-likeness (QED) is 0.591. The van der Waals surface area contributed by atoms with Gasteiger partial charge in [-0.05, 0) is 29.3 Å². The molecule has 0 bridgehead atoms. The Labute approximate surface area is 202 Å². The zero-order valence-corrected chi connectivity index (χ0v) is 19.8. The highest BCUT2D eigenvalue weighted by molar-refractivity contribution is 7.84. The molecule has 3 aromatic rings. The van der Waals surface area contributed by atoms with Gasteiger partial charge in [-0.1, -0.05) is 42.5 Å². The number of nitrogen functional groups attached to an aromatic ring is 1. The standard InChI is InChI=1S/C26H27N5O2S/c1-34(33)18-24-17-30(26(32)22-13-23(28)16-29-15-22)10-11-31(24)25(20-7-3-2-4-8-20)21-9-5-6-19(12-21)14-27/h2-9,12-13,15-16,24-25H,10-11,17-18,28H2,1H3/t24-,25+,34-/m0/s1. The maximum atomic E-state index is 13.2. The number of amides is 1.